The van der Waals surface area contributed by atoms with Gasteiger partial charge in [0.05, 0.1) is 12.1 Å². The molecule has 21 heavy (non-hydrogen) atoms. The normalized spacial score (nSPS) is 10.5. The molecule has 3 nitrogen and oxygen atoms in total. The Hall–Kier alpha value is -1.98. The van der Waals surface area contributed by atoms with Crippen LogP contribution < -0.4 is 5.32 Å². The van der Waals surface area contributed by atoms with Crippen molar-refractivity contribution in [3.63, 3.8) is 0 Å². The van der Waals surface area contributed by atoms with Crippen LogP contribution in [0.2, 0.25) is 0 Å². The number of aromatic nitrogens is 1. The summed E-state index contributed by atoms with van der Waals surface area (Å²) in [4.78, 5) is 17.5. The van der Waals surface area contributed by atoms with Crippen LogP contribution in [0.4, 0.5) is 0 Å². The van der Waals surface area contributed by atoms with Crippen molar-refractivity contribution in [1.82, 2.24) is 10.3 Å². The van der Waals surface area contributed by atoms with Crippen molar-refractivity contribution in [2.24, 2.45) is 0 Å². The van der Waals surface area contributed by atoms with Crippen LogP contribution in [0.25, 0.3) is 11.3 Å². The Morgan fingerprint density at radius 2 is 2.14 bits per heavy atom. The van der Waals surface area contributed by atoms with E-state index < -0.39 is 0 Å². The molecule has 1 N–H and O–H groups in total. The summed E-state index contributed by atoms with van der Waals surface area (Å²) in [6.45, 7) is 0.503. The van der Waals surface area contributed by atoms with E-state index in [9.17, 15) is 4.79 Å². The third-order valence-electron chi connectivity index (χ3n) is 3.08. The molecule has 0 spiro atoms. The zero-order chi connectivity index (χ0) is 14.5. The highest BCUT2D eigenvalue weighted by Gasteiger charge is 2.09. The standard InChI is InChI=1S/C16H14N2OS2/c19-15(9-14-4-2-7-21-14)18-10-12-3-1-6-17-16(12)13-5-8-20-11-13/h1-8,11H,9-10H2,(H,18,19). The third kappa shape index (κ3) is 3.56. The Morgan fingerprint density at radius 3 is 2.90 bits per heavy atom. The molecule has 0 radical (unpaired) electrons. The number of pyridine rings is 1. The molecule has 0 aromatic carbocycles. The topological polar surface area (TPSA) is 42.0 Å². The first kappa shape index (κ1) is 14.0. The minimum Gasteiger partial charge on any atom is -0.352 e. The molecule has 0 bridgehead atoms. The number of carbonyl (C=O) groups excluding carboxylic acids is 1. The van der Waals surface area contributed by atoms with Gasteiger partial charge in [-0.3, -0.25) is 9.78 Å². The van der Waals surface area contributed by atoms with Crippen LogP contribution in [0.3, 0.4) is 0 Å². The predicted molar refractivity (Wildman–Crippen MR) is 87.4 cm³/mol. The van der Waals surface area contributed by atoms with Gasteiger partial charge in [-0.1, -0.05) is 12.1 Å². The number of nitrogens with zero attached hydrogens (tertiary/aromatic N) is 1. The molecule has 3 aromatic rings. The average Bonchev–Trinajstić information content (AvgIpc) is 3.18. The van der Waals surface area contributed by atoms with E-state index in [-0.39, 0.29) is 5.91 Å². The number of hydrogen-bond donors (Lipinski definition) is 1. The molecule has 0 aliphatic rings. The lowest BCUT2D eigenvalue weighted by Crippen LogP contribution is -2.24. The summed E-state index contributed by atoms with van der Waals surface area (Å²) in [5, 5.41) is 9.05. The Labute approximate surface area is 131 Å². The quantitative estimate of drug-likeness (QED) is 0.779. The summed E-state index contributed by atoms with van der Waals surface area (Å²) in [7, 11) is 0. The number of hydrogen-bond acceptors (Lipinski definition) is 4. The van der Waals surface area contributed by atoms with Gasteiger partial charge in [0.1, 0.15) is 0 Å². The van der Waals surface area contributed by atoms with Gasteiger partial charge in [0.2, 0.25) is 5.91 Å². The number of nitrogens with one attached hydrogen (secondary N) is 1. The lowest BCUT2D eigenvalue weighted by atomic mass is 10.1. The van der Waals surface area contributed by atoms with Crippen molar-refractivity contribution in [2.75, 3.05) is 0 Å². The first-order valence-electron chi connectivity index (χ1n) is 6.58. The van der Waals surface area contributed by atoms with E-state index in [0.717, 1.165) is 21.7 Å². The van der Waals surface area contributed by atoms with E-state index in [0.29, 0.717) is 13.0 Å². The van der Waals surface area contributed by atoms with E-state index in [1.165, 1.54) is 0 Å². The lowest BCUT2D eigenvalue weighted by molar-refractivity contribution is -0.120. The highest BCUT2D eigenvalue weighted by Crippen LogP contribution is 2.23. The largest absolute Gasteiger partial charge is 0.352 e. The maximum atomic E-state index is 12.0. The first-order valence-corrected chi connectivity index (χ1v) is 8.41. The average molecular weight is 314 g/mol. The smallest absolute Gasteiger partial charge is 0.225 e. The molecule has 3 aromatic heterocycles. The fourth-order valence-electron chi connectivity index (χ4n) is 2.07. The van der Waals surface area contributed by atoms with Gasteiger partial charge in [0.25, 0.3) is 0 Å². The van der Waals surface area contributed by atoms with Gasteiger partial charge in [-0.25, -0.2) is 0 Å². The second kappa shape index (κ2) is 6.65. The van der Waals surface area contributed by atoms with Crippen LogP contribution in [0.15, 0.2) is 52.7 Å². The summed E-state index contributed by atoms with van der Waals surface area (Å²) in [5.41, 5.74) is 3.08. The zero-order valence-electron chi connectivity index (χ0n) is 11.3. The van der Waals surface area contributed by atoms with Crippen LogP contribution in [0.1, 0.15) is 10.4 Å². The molecule has 0 fully saturated rings. The molecule has 0 saturated carbocycles. The van der Waals surface area contributed by atoms with Gasteiger partial charge in [-0.15, -0.1) is 11.3 Å². The summed E-state index contributed by atoms with van der Waals surface area (Å²) in [6.07, 6.45) is 2.22. The SMILES string of the molecule is O=C(Cc1cccs1)NCc1cccnc1-c1ccsc1. The van der Waals surface area contributed by atoms with Gasteiger partial charge in [0.15, 0.2) is 0 Å². The van der Waals surface area contributed by atoms with Gasteiger partial charge in [0, 0.05) is 28.6 Å². The van der Waals surface area contributed by atoms with Gasteiger partial charge < -0.3 is 5.32 Å². The number of amides is 1. The molecular formula is C16H14N2OS2. The molecular weight excluding hydrogens is 300 g/mol. The Balaban J connectivity index is 1.67. The molecule has 5 heteroatoms. The summed E-state index contributed by atoms with van der Waals surface area (Å²) in [5.74, 6) is 0.0394. The molecule has 106 valence electrons. The Bertz CT molecular complexity index is 706. The second-order valence-corrected chi connectivity index (χ2v) is 6.37. The second-order valence-electron chi connectivity index (χ2n) is 4.56. The molecule has 0 aliphatic heterocycles. The number of thiophene rings is 2. The van der Waals surface area contributed by atoms with Crippen LogP contribution >= 0.6 is 22.7 Å². The first-order chi connectivity index (χ1) is 10.3. The minimum atomic E-state index is 0.0394. The monoisotopic (exact) mass is 314 g/mol. The molecule has 0 unspecified atom stereocenters. The van der Waals surface area contributed by atoms with Crippen molar-refractivity contribution in [3.05, 3.63) is 63.1 Å². The highest BCUT2D eigenvalue weighted by atomic mass is 32.1. The Morgan fingerprint density at radius 1 is 1.19 bits per heavy atom. The fraction of sp³-hybridized carbons (Fsp3) is 0.125. The van der Waals surface area contributed by atoms with Crippen molar-refractivity contribution >= 4 is 28.6 Å². The van der Waals surface area contributed by atoms with E-state index in [1.54, 1.807) is 28.9 Å². The molecule has 0 aliphatic carbocycles. The van der Waals surface area contributed by atoms with E-state index >= 15 is 0 Å². The number of carbonyl (C=O) groups is 1. The maximum absolute atomic E-state index is 12.0. The van der Waals surface area contributed by atoms with Crippen LogP contribution in [0.5, 0.6) is 0 Å². The van der Waals surface area contributed by atoms with Crippen LogP contribution in [-0.4, -0.2) is 10.9 Å². The third-order valence-corrected chi connectivity index (χ3v) is 4.64. The fourth-order valence-corrected chi connectivity index (χ4v) is 3.41. The van der Waals surface area contributed by atoms with Crippen molar-refractivity contribution < 1.29 is 4.79 Å². The summed E-state index contributed by atoms with van der Waals surface area (Å²) >= 11 is 3.25. The van der Waals surface area contributed by atoms with Crippen molar-refractivity contribution in [2.45, 2.75) is 13.0 Å². The minimum absolute atomic E-state index is 0.0394. The summed E-state index contributed by atoms with van der Waals surface area (Å²) in [6, 6.07) is 9.89. The van der Waals surface area contributed by atoms with E-state index in [4.69, 9.17) is 0 Å². The summed E-state index contributed by atoms with van der Waals surface area (Å²) < 4.78 is 0. The predicted octanol–water partition coefficient (Wildman–Crippen LogP) is 3.73. The van der Waals surface area contributed by atoms with Gasteiger partial charge in [-0.05, 0) is 34.5 Å². The van der Waals surface area contributed by atoms with Crippen LogP contribution in [-0.2, 0) is 17.8 Å². The van der Waals surface area contributed by atoms with E-state index in [1.807, 2.05) is 41.1 Å². The van der Waals surface area contributed by atoms with Crippen LogP contribution in [0, 0.1) is 0 Å². The molecule has 1 amide bonds. The van der Waals surface area contributed by atoms with Gasteiger partial charge in [-0.2, -0.15) is 11.3 Å². The van der Waals surface area contributed by atoms with E-state index in [2.05, 4.69) is 15.7 Å². The highest BCUT2D eigenvalue weighted by molar-refractivity contribution is 7.10. The lowest BCUT2D eigenvalue weighted by Gasteiger charge is -2.08. The molecule has 0 saturated heterocycles. The molecule has 3 heterocycles. The maximum Gasteiger partial charge on any atom is 0.225 e. The van der Waals surface area contributed by atoms with Crippen molar-refractivity contribution in [3.8, 4) is 11.3 Å². The number of rotatable bonds is 5. The Kier molecular flexibility index (Phi) is 4.43. The van der Waals surface area contributed by atoms with Crippen molar-refractivity contribution in [1.29, 1.82) is 0 Å². The molecule has 0 atom stereocenters. The molecule has 3 rings (SSSR count). The van der Waals surface area contributed by atoms with Gasteiger partial charge >= 0.3 is 0 Å². The zero-order valence-corrected chi connectivity index (χ0v) is 12.9.